The van der Waals surface area contributed by atoms with Crippen LogP contribution in [0.2, 0.25) is 0 Å². The molecule has 1 aliphatic rings. The maximum Gasteiger partial charge on any atom is 0.336 e. The quantitative estimate of drug-likeness (QED) is 0.346. The number of nitrogens with two attached hydrogens (primary N) is 1. The van der Waals surface area contributed by atoms with Gasteiger partial charge in [0.05, 0.1) is 12.7 Å². The van der Waals surface area contributed by atoms with Crippen molar-refractivity contribution in [1.82, 2.24) is 0 Å². The zero-order valence-corrected chi connectivity index (χ0v) is 17.2. The Kier molecular flexibility index (Phi) is 8.15. The van der Waals surface area contributed by atoms with Gasteiger partial charge in [-0.1, -0.05) is 32.1 Å². The molecular weight excluding hydrogens is 365 g/mol. The minimum atomic E-state index is -4.39. The molecule has 1 heterocycles. The largest absolute Gasteiger partial charge is 0.452 e. The first-order valence-electron chi connectivity index (χ1n) is 9.75. The van der Waals surface area contributed by atoms with Gasteiger partial charge in [-0.3, -0.25) is 4.57 Å². The van der Waals surface area contributed by atoms with Crippen molar-refractivity contribution in [3.05, 3.63) is 23.7 Å². The van der Waals surface area contributed by atoms with Gasteiger partial charge in [-0.15, -0.1) is 0 Å². The molecule has 0 radical (unpaired) electrons. The van der Waals surface area contributed by atoms with Crippen molar-refractivity contribution in [2.75, 3.05) is 6.61 Å². The fourth-order valence-electron chi connectivity index (χ4n) is 3.23. The smallest absolute Gasteiger partial charge is 0.336 e. The summed E-state index contributed by atoms with van der Waals surface area (Å²) in [6, 6.07) is 3.23. The van der Waals surface area contributed by atoms with E-state index in [1.165, 1.54) is 19.3 Å². The second-order valence-corrected chi connectivity index (χ2v) is 9.50. The van der Waals surface area contributed by atoms with Crippen molar-refractivity contribution < 1.29 is 23.5 Å². The summed E-state index contributed by atoms with van der Waals surface area (Å²) in [5, 5.41) is 0. The molecule has 7 heteroatoms. The van der Waals surface area contributed by atoms with Crippen molar-refractivity contribution in [3.8, 4) is 11.8 Å². The van der Waals surface area contributed by atoms with Crippen molar-refractivity contribution in [2.24, 2.45) is 5.73 Å². The molecule has 0 spiro atoms. The fraction of sp³-hybridized carbons (Fsp3) is 0.700. The lowest BCUT2D eigenvalue weighted by atomic mass is 9.93. The highest BCUT2D eigenvalue weighted by molar-refractivity contribution is 7.52. The fourth-order valence-corrected chi connectivity index (χ4v) is 4.35. The lowest BCUT2D eigenvalue weighted by molar-refractivity contribution is 0.0320. The third-order valence-electron chi connectivity index (χ3n) is 5.17. The van der Waals surface area contributed by atoms with Gasteiger partial charge in [-0.25, -0.2) is 0 Å². The molecule has 2 atom stereocenters. The van der Waals surface area contributed by atoms with Gasteiger partial charge in [0.2, 0.25) is 0 Å². The average molecular weight is 397 g/mol. The Bertz CT molecular complexity index is 691. The molecule has 1 aliphatic carbocycles. The van der Waals surface area contributed by atoms with Crippen LogP contribution in [0.3, 0.4) is 0 Å². The highest BCUT2D eigenvalue weighted by atomic mass is 31.2. The molecule has 0 amide bonds. The molecule has 2 rings (SSSR count). The van der Waals surface area contributed by atoms with Crippen LogP contribution in [0.4, 0.5) is 0 Å². The van der Waals surface area contributed by atoms with Crippen LogP contribution in [0, 0.1) is 11.8 Å². The molecule has 0 aromatic carbocycles. The Hall–Kier alpha value is -1.09. The van der Waals surface area contributed by atoms with Crippen LogP contribution >= 0.6 is 7.60 Å². The van der Waals surface area contributed by atoms with Gasteiger partial charge in [-0.05, 0) is 50.7 Å². The summed E-state index contributed by atoms with van der Waals surface area (Å²) in [5.41, 5.74) is 4.37. The zero-order chi connectivity index (χ0) is 19.9. The Morgan fingerprint density at radius 2 is 2.07 bits per heavy atom. The van der Waals surface area contributed by atoms with Gasteiger partial charge in [-0.2, -0.15) is 0 Å². The number of furan rings is 1. The van der Waals surface area contributed by atoms with Gasteiger partial charge < -0.3 is 24.7 Å². The molecule has 1 saturated carbocycles. The van der Waals surface area contributed by atoms with E-state index in [0.717, 1.165) is 12.8 Å². The maximum absolute atomic E-state index is 11.9. The zero-order valence-electron chi connectivity index (χ0n) is 16.3. The van der Waals surface area contributed by atoms with Crippen LogP contribution in [0.15, 0.2) is 16.5 Å². The summed E-state index contributed by atoms with van der Waals surface area (Å²) in [5.74, 6) is 6.54. The monoisotopic (exact) mass is 397 g/mol. The van der Waals surface area contributed by atoms with Gasteiger partial charge in [0.25, 0.3) is 0 Å². The molecule has 6 nitrogen and oxygen atoms in total. The van der Waals surface area contributed by atoms with E-state index < -0.39 is 18.8 Å². The molecule has 152 valence electrons. The molecule has 4 N–H and O–H groups in total. The van der Waals surface area contributed by atoms with Crippen molar-refractivity contribution in [2.45, 2.75) is 82.5 Å². The number of hydrogen-bond acceptors (Lipinski definition) is 4. The van der Waals surface area contributed by atoms with Crippen LogP contribution in [-0.2, 0) is 9.30 Å². The predicted octanol–water partition coefficient (Wildman–Crippen LogP) is 4.11. The summed E-state index contributed by atoms with van der Waals surface area (Å²) in [6.07, 6.45) is 7.78. The van der Waals surface area contributed by atoms with E-state index in [1.54, 1.807) is 19.1 Å². The number of hydrogen-bond donors (Lipinski definition) is 3. The average Bonchev–Trinajstić information content (AvgIpc) is 3.08. The molecular formula is C20H32NO5P. The molecule has 0 aliphatic heterocycles. The van der Waals surface area contributed by atoms with E-state index in [2.05, 4.69) is 11.8 Å². The first kappa shape index (κ1) is 22.2. The summed E-state index contributed by atoms with van der Waals surface area (Å²) in [4.78, 5) is 19.4. The van der Waals surface area contributed by atoms with Crippen molar-refractivity contribution >= 4 is 7.60 Å². The molecule has 27 heavy (non-hydrogen) atoms. The van der Waals surface area contributed by atoms with Crippen molar-refractivity contribution in [1.29, 1.82) is 0 Å². The predicted molar refractivity (Wildman–Crippen MR) is 105 cm³/mol. The summed E-state index contributed by atoms with van der Waals surface area (Å²) < 4.78 is 23.3. The van der Waals surface area contributed by atoms with Crippen LogP contribution in [-0.4, -0.2) is 28.0 Å². The van der Waals surface area contributed by atoms with Crippen LogP contribution < -0.4 is 5.73 Å². The first-order valence-corrected chi connectivity index (χ1v) is 11.4. The first-order chi connectivity index (χ1) is 12.7. The number of ether oxygens (including phenoxy) is 1. The van der Waals surface area contributed by atoms with Gasteiger partial charge in [0.15, 0.2) is 5.76 Å². The highest BCUT2D eigenvalue weighted by Gasteiger charge is 2.37. The summed E-state index contributed by atoms with van der Waals surface area (Å²) >= 11 is 0. The normalized spacial score (nSPS) is 19.1. The maximum atomic E-state index is 11.9. The minimum absolute atomic E-state index is 0.142. The number of rotatable bonds is 8. The SMILES string of the molecule is CCC(C)(N)CC(c1ccc(C#CCCOC2CCCCC2)o1)P(=O)(O)O. The van der Waals surface area contributed by atoms with E-state index in [9.17, 15) is 14.4 Å². The molecule has 0 saturated heterocycles. The lowest BCUT2D eigenvalue weighted by Gasteiger charge is -2.27. The minimum Gasteiger partial charge on any atom is -0.452 e. The lowest BCUT2D eigenvalue weighted by Crippen LogP contribution is -2.36. The third kappa shape index (κ3) is 7.44. The van der Waals surface area contributed by atoms with Gasteiger partial charge in [0.1, 0.15) is 11.4 Å². The van der Waals surface area contributed by atoms with E-state index in [0.29, 0.717) is 31.3 Å². The Morgan fingerprint density at radius 3 is 2.70 bits per heavy atom. The van der Waals surface area contributed by atoms with Crippen LogP contribution in [0.25, 0.3) is 0 Å². The molecule has 1 aromatic heterocycles. The summed E-state index contributed by atoms with van der Waals surface area (Å²) in [7, 11) is -4.39. The molecule has 2 unspecified atom stereocenters. The third-order valence-corrected chi connectivity index (χ3v) is 6.42. The van der Waals surface area contributed by atoms with E-state index in [1.807, 2.05) is 6.92 Å². The van der Waals surface area contributed by atoms with Gasteiger partial charge in [0, 0.05) is 12.0 Å². The van der Waals surface area contributed by atoms with Crippen LogP contribution in [0.1, 0.15) is 82.4 Å². The van der Waals surface area contributed by atoms with Gasteiger partial charge >= 0.3 is 7.60 Å². The van der Waals surface area contributed by atoms with Crippen LogP contribution in [0.5, 0.6) is 0 Å². The Morgan fingerprint density at radius 1 is 1.37 bits per heavy atom. The highest BCUT2D eigenvalue weighted by Crippen LogP contribution is 2.55. The molecule has 1 fully saturated rings. The standard InChI is InChI=1S/C20H32NO5P/c1-3-20(2,21)15-19(27(22,23)24)18-13-12-17(26-18)11-7-8-14-25-16-9-5-4-6-10-16/h12-13,16,19H,3-6,8-10,14-15,21H2,1-2H3,(H2,22,23,24). The summed E-state index contributed by atoms with van der Waals surface area (Å²) in [6.45, 7) is 4.27. The molecule has 0 bridgehead atoms. The topological polar surface area (TPSA) is 106 Å². The van der Waals surface area contributed by atoms with E-state index in [4.69, 9.17) is 14.9 Å². The molecule has 1 aromatic rings. The van der Waals surface area contributed by atoms with E-state index in [-0.39, 0.29) is 12.2 Å². The van der Waals surface area contributed by atoms with Crippen molar-refractivity contribution in [3.63, 3.8) is 0 Å². The Labute approximate surface area is 162 Å². The van der Waals surface area contributed by atoms with E-state index >= 15 is 0 Å². The second kappa shape index (κ2) is 9.91. The second-order valence-electron chi connectivity index (χ2n) is 7.70. The Balaban J connectivity index is 1.92.